The summed E-state index contributed by atoms with van der Waals surface area (Å²) in [5.74, 6) is 6.31. The Hall–Kier alpha value is -0.840. The van der Waals surface area contributed by atoms with E-state index < -0.39 is 0 Å². The lowest BCUT2D eigenvalue weighted by Crippen LogP contribution is -2.28. The van der Waals surface area contributed by atoms with Crippen LogP contribution in [0.15, 0.2) is 22.8 Å². The molecule has 4 nitrogen and oxygen atoms in total. The van der Waals surface area contributed by atoms with E-state index in [9.17, 15) is 0 Å². The van der Waals surface area contributed by atoms with Crippen LogP contribution in [-0.2, 0) is 4.74 Å². The Bertz CT molecular complexity index is 236. The minimum Gasteiger partial charge on any atom is -0.468 e. The van der Waals surface area contributed by atoms with Gasteiger partial charge in [-0.25, -0.2) is 5.43 Å². The molecule has 0 spiro atoms. The Labute approximate surface area is 84.4 Å². The molecule has 0 saturated carbocycles. The minimum atomic E-state index is 0.0719. The molecule has 0 bridgehead atoms. The van der Waals surface area contributed by atoms with Crippen molar-refractivity contribution in [1.29, 1.82) is 0 Å². The zero-order valence-corrected chi connectivity index (χ0v) is 8.69. The molecule has 0 aliphatic heterocycles. The first-order valence-corrected chi connectivity index (χ1v) is 4.80. The van der Waals surface area contributed by atoms with Gasteiger partial charge in [0, 0.05) is 7.11 Å². The first-order valence-electron chi connectivity index (χ1n) is 4.80. The van der Waals surface area contributed by atoms with Crippen LogP contribution in [0.2, 0.25) is 0 Å². The molecule has 0 aliphatic carbocycles. The van der Waals surface area contributed by atoms with Gasteiger partial charge in [0.05, 0.1) is 18.4 Å². The molecule has 1 heterocycles. The van der Waals surface area contributed by atoms with Crippen LogP contribution in [0, 0.1) is 0 Å². The molecule has 80 valence electrons. The summed E-state index contributed by atoms with van der Waals surface area (Å²) in [6.45, 7) is 2.04. The highest BCUT2D eigenvalue weighted by Gasteiger charge is 2.13. The monoisotopic (exact) mass is 198 g/mol. The van der Waals surface area contributed by atoms with Gasteiger partial charge < -0.3 is 9.15 Å². The van der Waals surface area contributed by atoms with Crippen molar-refractivity contribution in [3.05, 3.63) is 24.2 Å². The normalized spacial score (nSPS) is 15.4. The standard InChI is InChI=1S/C10H18N2O2/c1-8(13-2)5-6-9(12-11)10-4-3-7-14-10/h3-4,7-9,12H,5-6,11H2,1-2H3. The van der Waals surface area contributed by atoms with Crippen molar-refractivity contribution in [3.63, 3.8) is 0 Å². The average Bonchev–Trinajstić information content (AvgIpc) is 2.72. The van der Waals surface area contributed by atoms with Crippen LogP contribution in [0.25, 0.3) is 0 Å². The molecule has 0 saturated heterocycles. The van der Waals surface area contributed by atoms with Gasteiger partial charge in [0.15, 0.2) is 0 Å². The maximum Gasteiger partial charge on any atom is 0.122 e. The summed E-state index contributed by atoms with van der Waals surface area (Å²) in [5.41, 5.74) is 2.73. The number of nitrogens with two attached hydrogens (primary N) is 1. The second kappa shape index (κ2) is 5.80. The molecule has 0 amide bonds. The number of nitrogens with one attached hydrogen (secondary N) is 1. The van der Waals surface area contributed by atoms with Gasteiger partial charge in [-0.2, -0.15) is 0 Å². The highest BCUT2D eigenvalue weighted by atomic mass is 16.5. The molecule has 2 atom stereocenters. The van der Waals surface area contributed by atoms with E-state index in [1.54, 1.807) is 13.4 Å². The predicted molar refractivity (Wildman–Crippen MR) is 54.5 cm³/mol. The molecule has 2 unspecified atom stereocenters. The van der Waals surface area contributed by atoms with Crippen LogP contribution in [0.4, 0.5) is 0 Å². The molecule has 4 heteroatoms. The minimum absolute atomic E-state index is 0.0719. The van der Waals surface area contributed by atoms with E-state index in [1.165, 1.54) is 0 Å². The second-order valence-electron chi connectivity index (χ2n) is 3.36. The zero-order valence-electron chi connectivity index (χ0n) is 8.69. The number of rotatable bonds is 6. The van der Waals surface area contributed by atoms with E-state index in [0.29, 0.717) is 0 Å². The summed E-state index contributed by atoms with van der Waals surface area (Å²) in [6, 6.07) is 3.85. The van der Waals surface area contributed by atoms with Crippen LogP contribution >= 0.6 is 0 Å². The summed E-state index contributed by atoms with van der Waals surface area (Å²) >= 11 is 0. The molecule has 0 radical (unpaired) electrons. The van der Waals surface area contributed by atoms with Crippen molar-refractivity contribution in [2.75, 3.05) is 7.11 Å². The molecule has 1 aromatic heterocycles. The van der Waals surface area contributed by atoms with Crippen LogP contribution < -0.4 is 11.3 Å². The summed E-state index contributed by atoms with van der Waals surface area (Å²) in [5, 5.41) is 0. The predicted octanol–water partition coefficient (Wildman–Crippen LogP) is 1.60. The number of hydrogen-bond acceptors (Lipinski definition) is 4. The maximum absolute atomic E-state index is 5.44. The Kier molecular flexibility index (Phi) is 4.65. The molecule has 14 heavy (non-hydrogen) atoms. The summed E-state index contributed by atoms with van der Waals surface area (Å²) in [6.07, 6.45) is 3.76. The van der Waals surface area contributed by atoms with Crippen LogP contribution in [-0.4, -0.2) is 13.2 Å². The number of furan rings is 1. The average molecular weight is 198 g/mol. The first kappa shape index (κ1) is 11.2. The molecule has 0 aliphatic rings. The van der Waals surface area contributed by atoms with Crippen LogP contribution in [0.3, 0.4) is 0 Å². The van der Waals surface area contributed by atoms with E-state index in [4.69, 9.17) is 15.0 Å². The Morgan fingerprint density at radius 3 is 2.86 bits per heavy atom. The SMILES string of the molecule is COC(C)CCC(NN)c1ccco1. The van der Waals surface area contributed by atoms with Crippen molar-refractivity contribution < 1.29 is 9.15 Å². The highest BCUT2D eigenvalue weighted by Crippen LogP contribution is 2.19. The number of methoxy groups -OCH3 is 1. The second-order valence-corrected chi connectivity index (χ2v) is 3.36. The third-order valence-electron chi connectivity index (χ3n) is 2.35. The smallest absolute Gasteiger partial charge is 0.122 e. The maximum atomic E-state index is 5.44. The van der Waals surface area contributed by atoms with E-state index in [2.05, 4.69) is 5.43 Å². The molecular formula is C10H18N2O2. The quantitative estimate of drug-likeness (QED) is 0.538. The van der Waals surface area contributed by atoms with Gasteiger partial charge in [-0.3, -0.25) is 5.84 Å². The zero-order chi connectivity index (χ0) is 10.4. The van der Waals surface area contributed by atoms with Crippen LogP contribution in [0.1, 0.15) is 31.6 Å². The number of hydrogen-bond donors (Lipinski definition) is 2. The number of ether oxygens (including phenoxy) is 1. The molecule has 0 fully saturated rings. The summed E-state index contributed by atoms with van der Waals surface area (Å²) < 4.78 is 10.4. The van der Waals surface area contributed by atoms with Crippen molar-refractivity contribution in [1.82, 2.24) is 5.43 Å². The van der Waals surface area contributed by atoms with Crippen molar-refractivity contribution in [2.45, 2.75) is 31.9 Å². The van der Waals surface area contributed by atoms with E-state index in [-0.39, 0.29) is 12.1 Å². The van der Waals surface area contributed by atoms with Crippen molar-refractivity contribution in [3.8, 4) is 0 Å². The van der Waals surface area contributed by atoms with Crippen molar-refractivity contribution >= 4 is 0 Å². The highest BCUT2D eigenvalue weighted by molar-refractivity contribution is 5.03. The Morgan fingerprint density at radius 2 is 2.36 bits per heavy atom. The first-order chi connectivity index (χ1) is 6.77. The lowest BCUT2D eigenvalue weighted by Gasteiger charge is -2.15. The van der Waals surface area contributed by atoms with Crippen molar-refractivity contribution in [2.24, 2.45) is 5.84 Å². The topological polar surface area (TPSA) is 60.4 Å². The van der Waals surface area contributed by atoms with E-state index >= 15 is 0 Å². The van der Waals surface area contributed by atoms with Gasteiger partial charge in [-0.1, -0.05) is 0 Å². The van der Waals surface area contributed by atoms with Gasteiger partial charge in [0.25, 0.3) is 0 Å². The lowest BCUT2D eigenvalue weighted by molar-refractivity contribution is 0.105. The Balaban J connectivity index is 2.40. The molecular weight excluding hydrogens is 180 g/mol. The fourth-order valence-electron chi connectivity index (χ4n) is 1.32. The van der Waals surface area contributed by atoms with Gasteiger partial charge in [-0.05, 0) is 31.9 Å². The third kappa shape index (κ3) is 3.14. The van der Waals surface area contributed by atoms with Crippen LogP contribution in [0.5, 0.6) is 0 Å². The number of hydrazine groups is 1. The molecule has 3 N–H and O–H groups in total. The van der Waals surface area contributed by atoms with Gasteiger partial charge in [0.2, 0.25) is 0 Å². The lowest BCUT2D eigenvalue weighted by atomic mass is 10.1. The third-order valence-corrected chi connectivity index (χ3v) is 2.35. The van der Waals surface area contributed by atoms with E-state index in [1.807, 2.05) is 19.1 Å². The molecule has 1 rings (SSSR count). The van der Waals surface area contributed by atoms with E-state index in [0.717, 1.165) is 18.6 Å². The van der Waals surface area contributed by atoms with Gasteiger partial charge in [-0.15, -0.1) is 0 Å². The largest absolute Gasteiger partial charge is 0.468 e. The van der Waals surface area contributed by atoms with Gasteiger partial charge >= 0.3 is 0 Å². The Morgan fingerprint density at radius 1 is 1.57 bits per heavy atom. The summed E-state index contributed by atoms with van der Waals surface area (Å²) in [4.78, 5) is 0. The fourth-order valence-corrected chi connectivity index (χ4v) is 1.32. The fraction of sp³-hybridized carbons (Fsp3) is 0.600. The summed E-state index contributed by atoms with van der Waals surface area (Å²) in [7, 11) is 1.71. The molecule has 1 aromatic rings. The molecule has 0 aromatic carbocycles. The van der Waals surface area contributed by atoms with Gasteiger partial charge in [0.1, 0.15) is 5.76 Å².